The summed E-state index contributed by atoms with van der Waals surface area (Å²) in [6.45, 7) is 6.40. The molecule has 0 spiro atoms. The monoisotopic (exact) mass is 327 g/mol. The molecule has 6 heteroatoms. The third-order valence-electron chi connectivity index (χ3n) is 4.90. The minimum Gasteiger partial charge on any atom is -0.331 e. The predicted molar refractivity (Wildman–Crippen MR) is 93.8 cm³/mol. The summed E-state index contributed by atoms with van der Waals surface area (Å²) in [7, 11) is 1.80. The number of aryl methyl sites for hydroxylation is 2. The fraction of sp³-hybridized carbons (Fsp3) is 0.500. The number of aromatic nitrogens is 3. The van der Waals surface area contributed by atoms with E-state index in [1.165, 1.54) is 11.1 Å². The van der Waals surface area contributed by atoms with Crippen LogP contribution in [0, 0.1) is 12.3 Å². The molecule has 0 aliphatic heterocycles. The van der Waals surface area contributed by atoms with E-state index in [0.29, 0.717) is 5.82 Å². The van der Waals surface area contributed by atoms with Crippen LogP contribution in [-0.2, 0) is 13.5 Å². The second kappa shape index (κ2) is 6.26. The van der Waals surface area contributed by atoms with Gasteiger partial charge < -0.3 is 5.32 Å². The number of hydrogen-bond acceptors (Lipinski definition) is 3. The Morgan fingerprint density at radius 1 is 1.33 bits per heavy atom. The van der Waals surface area contributed by atoms with E-state index < -0.39 is 0 Å². The molecule has 128 valence electrons. The highest BCUT2D eigenvalue weighted by Gasteiger charge is 2.30. The van der Waals surface area contributed by atoms with Crippen molar-refractivity contribution in [2.24, 2.45) is 12.5 Å². The predicted octanol–water partition coefficient (Wildman–Crippen LogP) is 3.35. The van der Waals surface area contributed by atoms with Gasteiger partial charge in [0, 0.05) is 7.05 Å². The molecule has 24 heavy (non-hydrogen) atoms. The summed E-state index contributed by atoms with van der Waals surface area (Å²) in [5.74, 6) is 0.496. The minimum absolute atomic E-state index is 0.00400. The van der Waals surface area contributed by atoms with E-state index in [2.05, 4.69) is 53.0 Å². The maximum Gasteiger partial charge on any atom is 0.320 e. The summed E-state index contributed by atoms with van der Waals surface area (Å²) in [6.07, 6.45) is 3.08. The van der Waals surface area contributed by atoms with Crippen molar-refractivity contribution in [2.45, 2.75) is 46.1 Å². The first-order chi connectivity index (χ1) is 11.4. The second-order valence-corrected chi connectivity index (χ2v) is 7.37. The molecule has 3 rings (SSSR count). The molecule has 0 bridgehead atoms. The highest BCUT2D eigenvalue weighted by Crippen LogP contribution is 2.39. The Hall–Kier alpha value is -2.37. The van der Waals surface area contributed by atoms with Crippen molar-refractivity contribution < 1.29 is 4.79 Å². The standard InChI is InChI=1S/C18H25N5O/c1-12-16(21-22-23(12)4)20-17(24)19-15-11-18(2,3)10-9-13-7-5-6-8-14(13)15/h5-8,15H,9-11H2,1-4H3,(H2,19,20,24). The fourth-order valence-corrected chi connectivity index (χ4v) is 3.29. The van der Waals surface area contributed by atoms with Crippen LogP contribution in [0.5, 0.6) is 0 Å². The molecule has 1 heterocycles. The van der Waals surface area contributed by atoms with E-state index in [0.717, 1.165) is 25.0 Å². The van der Waals surface area contributed by atoms with Crippen molar-refractivity contribution in [1.29, 1.82) is 0 Å². The molecule has 2 aromatic rings. The van der Waals surface area contributed by atoms with Gasteiger partial charge in [0.1, 0.15) is 0 Å². The Labute approximate surface area is 142 Å². The topological polar surface area (TPSA) is 71.8 Å². The van der Waals surface area contributed by atoms with Crippen LogP contribution in [0.15, 0.2) is 24.3 Å². The molecule has 0 radical (unpaired) electrons. The van der Waals surface area contributed by atoms with Gasteiger partial charge >= 0.3 is 6.03 Å². The normalized spacial score (nSPS) is 19.2. The average molecular weight is 327 g/mol. The lowest BCUT2D eigenvalue weighted by molar-refractivity contribution is 0.237. The van der Waals surface area contributed by atoms with Crippen LogP contribution in [-0.4, -0.2) is 21.0 Å². The molecular formula is C18H25N5O. The van der Waals surface area contributed by atoms with Gasteiger partial charge in [0.2, 0.25) is 0 Å². The number of fused-ring (bicyclic) bond motifs is 1. The van der Waals surface area contributed by atoms with E-state index in [1.54, 1.807) is 11.7 Å². The summed E-state index contributed by atoms with van der Waals surface area (Å²) in [5.41, 5.74) is 3.55. The number of nitrogens with zero attached hydrogens (tertiary/aromatic N) is 3. The minimum atomic E-state index is -0.240. The van der Waals surface area contributed by atoms with Crippen molar-refractivity contribution >= 4 is 11.8 Å². The molecule has 1 aromatic carbocycles. The first-order valence-electron chi connectivity index (χ1n) is 8.37. The number of benzene rings is 1. The largest absolute Gasteiger partial charge is 0.331 e. The van der Waals surface area contributed by atoms with Gasteiger partial charge in [0.25, 0.3) is 0 Å². The second-order valence-electron chi connectivity index (χ2n) is 7.37. The lowest BCUT2D eigenvalue weighted by Gasteiger charge is -2.27. The summed E-state index contributed by atoms with van der Waals surface area (Å²) in [6, 6.07) is 8.14. The smallest absolute Gasteiger partial charge is 0.320 e. The number of hydrogen-bond donors (Lipinski definition) is 2. The maximum atomic E-state index is 12.5. The number of amides is 2. The zero-order chi connectivity index (χ0) is 17.3. The molecule has 1 aliphatic rings. The van der Waals surface area contributed by atoms with E-state index in [9.17, 15) is 4.79 Å². The van der Waals surface area contributed by atoms with E-state index >= 15 is 0 Å². The van der Waals surface area contributed by atoms with Crippen molar-refractivity contribution in [3.05, 3.63) is 41.1 Å². The molecule has 1 aliphatic carbocycles. The van der Waals surface area contributed by atoms with Crippen molar-refractivity contribution in [3.63, 3.8) is 0 Å². The highest BCUT2D eigenvalue weighted by molar-refractivity contribution is 5.89. The number of nitrogens with one attached hydrogen (secondary N) is 2. The van der Waals surface area contributed by atoms with Gasteiger partial charge in [-0.15, -0.1) is 5.10 Å². The molecule has 0 saturated carbocycles. The van der Waals surface area contributed by atoms with Crippen LogP contribution < -0.4 is 10.6 Å². The number of carbonyl (C=O) groups excluding carboxylic acids is 1. The molecule has 1 unspecified atom stereocenters. The Bertz CT molecular complexity index is 750. The van der Waals surface area contributed by atoms with Crippen LogP contribution in [0.2, 0.25) is 0 Å². The van der Waals surface area contributed by atoms with Crippen LogP contribution in [0.25, 0.3) is 0 Å². The maximum absolute atomic E-state index is 12.5. The van der Waals surface area contributed by atoms with Gasteiger partial charge in [-0.05, 0) is 42.7 Å². The third kappa shape index (κ3) is 3.42. The van der Waals surface area contributed by atoms with Gasteiger partial charge in [-0.25, -0.2) is 4.79 Å². The van der Waals surface area contributed by atoms with E-state index in [4.69, 9.17) is 0 Å². The van der Waals surface area contributed by atoms with Gasteiger partial charge in [0.15, 0.2) is 5.82 Å². The molecule has 6 nitrogen and oxygen atoms in total. The summed E-state index contributed by atoms with van der Waals surface area (Å²) in [5, 5.41) is 13.8. The molecule has 2 amide bonds. The van der Waals surface area contributed by atoms with Crippen LogP contribution in [0.4, 0.5) is 10.6 Å². The van der Waals surface area contributed by atoms with Crippen LogP contribution in [0.3, 0.4) is 0 Å². The Morgan fingerprint density at radius 2 is 2.08 bits per heavy atom. The Kier molecular flexibility index (Phi) is 4.30. The number of anilines is 1. The fourth-order valence-electron chi connectivity index (χ4n) is 3.29. The number of urea groups is 1. The van der Waals surface area contributed by atoms with Crippen LogP contribution in [0.1, 0.15) is 49.6 Å². The number of rotatable bonds is 2. The molecule has 0 fully saturated rings. The van der Waals surface area contributed by atoms with Crippen molar-refractivity contribution in [1.82, 2.24) is 20.3 Å². The Balaban J connectivity index is 1.79. The molecular weight excluding hydrogens is 302 g/mol. The third-order valence-corrected chi connectivity index (χ3v) is 4.90. The first-order valence-corrected chi connectivity index (χ1v) is 8.37. The van der Waals surface area contributed by atoms with E-state index in [1.807, 2.05) is 13.0 Å². The van der Waals surface area contributed by atoms with Crippen LogP contribution >= 0.6 is 0 Å². The zero-order valence-electron chi connectivity index (χ0n) is 14.8. The first kappa shape index (κ1) is 16.5. The van der Waals surface area contributed by atoms with Gasteiger partial charge in [-0.2, -0.15) is 0 Å². The average Bonchev–Trinajstić information content (AvgIpc) is 2.77. The van der Waals surface area contributed by atoms with Crippen molar-refractivity contribution in [2.75, 3.05) is 5.32 Å². The van der Waals surface area contributed by atoms with Gasteiger partial charge in [-0.1, -0.05) is 43.3 Å². The highest BCUT2D eigenvalue weighted by atomic mass is 16.2. The van der Waals surface area contributed by atoms with Gasteiger partial charge in [0.05, 0.1) is 11.7 Å². The molecule has 0 saturated heterocycles. The molecule has 1 atom stereocenters. The summed E-state index contributed by atoms with van der Waals surface area (Å²) >= 11 is 0. The lowest BCUT2D eigenvalue weighted by atomic mass is 9.83. The molecule has 2 N–H and O–H groups in total. The quantitative estimate of drug-likeness (QED) is 0.831. The van der Waals surface area contributed by atoms with Crippen molar-refractivity contribution in [3.8, 4) is 0 Å². The SMILES string of the molecule is Cc1c(NC(=O)NC2CC(C)(C)CCc3ccccc32)nnn1C. The summed E-state index contributed by atoms with van der Waals surface area (Å²) in [4.78, 5) is 12.5. The summed E-state index contributed by atoms with van der Waals surface area (Å²) < 4.78 is 1.64. The number of carbonyl (C=O) groups is 1. The Morgan fingerprint density at radius 3 is 2.79 bits per heavy atom. The van der Waals surface area contributed by atoms with Gasteiger partial charge in [-0.3, -0.25) is 10.00 Å². The zero-order valence-corrected chi connectivity index (χ0v) is 14.8. The lowest BCUT2D eigenvalue weighted by Crippen LogP contribution is -2.34. The van der Waals surface area contributed by atoms with E-state index in [-0.39, 0.29) is 17.5 Å². The molecule has 1 aromatic heterocycles.